The van der Waals surface area contributed by atoms with Crippen molar-refractivity contribution in [3.8, 4) is 28.3 Å². The summed E-state index contributed by atoms with van der Waals surface area (Å²) in [5, 5.41) is 10.6. The molecule has 5 aromatic rings. The maximum atomic E-state index is 14.4. The highest BCUT2D eigenvalue weighted by Gasteiger charge is 2.35. The minimum absolute atomic E-state index is 0.0147. The Morgan fingerprint density at radius 3 is 1.39 bits per heavy atom. The Morgan fingerprint density at radius 2 is 0.976 bits per heavy atom. The van der Waals surface area contributed by atoms with Crippen LogP contribution in [0.4, 0.5) is 0 Å². The highest BCUT2D eigenvalue weighted by atomic mass is 16.5. The van der Waals surface area contributed by atoms with E-state index in [0.717, 1.165) is 0 Å². The van der Waals surface area contributed by atoms with E-state index in [9.17, 15) is 19.6 Å². The number of hydrogen-bond acceptors (Lipinski definition) is 5. The molecule has 5 rings (SSSR count). The highest BCUT2D eigenvalue weighted by molar-refractivity contribution is 6.25. The molecule has 198 valence electrons. The molecule has 0 radical (unpaired) electrons. The van der Waals surface area contributed by atoms with Crippen molar-refractivity contribution in [2.24, 2.45) is 0 Å². The van der Waals surface area contributed by atoms with E-state index < -0.39 is 17.5 Å². The van der Waals surface area contributed by atoms with Crippen LogP contribution >= 0.6 is 0 Å². The number of carbonyl (C=O) groups is 3. The van der Waals surface area contributed by atoms with E-state index in [1.807, 2.05) is 60.7 Å². The smallest absolute Gasteiger partial charge is 0.340 e. The van der Waals surface area contributed by atoms with Crippen molar-refractivity contribution in [3.05, 3.63) is 155 Å². The van der Waals surface area contributed by atoms with Crippen molar-refractivity contribution >= 4 is 17.5 Å². The first-order valence-corrected chi connectivity index (χ1v) is 13.2. The van der Waals surface area contributed by atoms with Gasteiger partial charge in [0.05, 0.1) is 17.7 Å². The summed E-state index contributed by atoms with van der Waals surface area (Å²) in [6.07, 6.45) is 0. The van der Waals surface area contributed by atoms with Gasteiger partial charge in [0, 0.05) is 33.4 Å². The molecule has 0 aliphatic carbocycles. The number of rotatable bonds is 8. The molecule has 0 spiro atoms. The lowest BCUT2D eigenvalue weighted by atomic mass is 9.77. The zero-order chi connectivity index (χ0) is 28.8. The molecule has 0 bridgehead atoms. The summed E-state index contributed by atoms with van der Waals surface area (Å²) in [6.45, 7) is 1.67. The van der Waals surface area contributed by atoms with Crippen LogP contribution in [0, 0.1) is 11.3 Å². The first-order chi connectivity index (χ1) is 20.1. The quantitative estimate of drug-likeness (QED) is 0.151. The molecule has 0 fully saturated rings. The number of carbonyl (C=O) groups excluding carboxylic acids is 3. The van der Waals surface area contributed by atoms with Crippen molar-refractivity contribution in [3.63, 3.8) is 0 Å². The van der Waals surface area contributed by atoms with E-state index in [1.54, 1.807) is 67.6 Å². The van der Waals surface area contributed by atoms with Crippen molar-refractivity contribution in [2.45, 2.75) is 6.92 Å². The fourth-order valence-electron chi connectivity index (χ4n) is 4.98. The van der Waals surface area contributed by atoms with Gasteiger partial charge in [0.25, 0.3) is 0 Å². The molecule has 5 nitrogen and oxygen atoms in total. The molecule has 0 unspecified atom stereocenters. The van der Waals surface area contributed by atoms with Crippen molar-refractivity contribution < 1.29 is 19.1 Å². The summed E-state index contributed by atoms with van der Waals surface area (Å²) in [4.78, 5) is 42.4. The number of nitrogens with zero attached hydrogens (tertiary/aromatic N) is 1. The molecule has 0 atom stereocenters. The van der Waals surface area contributed by atoms with Crippen LogP contribution in [-0.4, -0.2) is 24.1 Å². The molecule has 5 heteroatoms. The molecule has 0 amide bonds. The molecule has 0 aliphatic heterocycles. The van der Waals surface area contributed by atoms with Gasteiger partial charge in [0.15, 0.2) is 11.6 Å². The van der Waals surface area contributed by atoms with Gasteiger partial charge in [-0.15, -0.1) is 0 Å². The summed E-state index contributed by atoms with van der Waals surface area (Å²) in [7, 11) is 0. The van der Waals surface area contributed by atoms with Crippen LogP contribution in [0.3, 0.4) is 0 Å². The standard InChI is InChI=1S/C36H25NO4/c1-2-41-36(40)32-28(23-37)31(34(38)26-19-11-5-12-20-26)29(24-15-7-3-8-16-24)30(25-17-9-4-10-18-25)33(32)35(39)27-21-13-6-14-22-27/h3-22H,2H2,1H3. The largest absolute Gasteiger partial charge is 0.462 e. The maximum Gasteiger partial charge on any atom is 0.340 e. The second-order valence-corrected chi connectivity index (χ2v) is 9.20. The Kier molecular flexibility index (Phi) is 7.94. The predicted octanol–water partition coefficient (Wildman–Crippen LogP) is 7.53. The third-order valence-corrected chi connectivity index (χ3v) is 6.74. The van der Waals surface area contributed by atoms with Crippen LogP contribution in [0.1, 0.15) is 54.7 Å². The van der Waals surface area contributed by atoms with Gasteiger partial charge in [0.1, 0.15) is 6.07 Å². The van der Waals surface area contributed by atoms with Gasteiger partial charge in [0.2, 0.25) is 0 Å². The molecule has 0 heterocycles. The summed E-state index contributed by atoms with van der Waals surface area (Å²) in [5.41, 5.74) is 2.33. The Balaban J connectivity index is 2.05. The van der Waals surface area contributed by atoms with Crippen molar-refractivity contribution in [2.75, 3.05) is 6.61 Å². The average Bonchev–Trinajstić information content (AvgIpc) is 3.04. The van der Waals surface area contributed by atoms with Gasteiger partial charge in [-0.05, 0) is 18.1 Å². The molecule has 0 aliphatic rings. The van der Waals surface area contributed by atoms with Gasteiger partial charge < -0.3 is 4.74 Å². The number of nitriles is 1. The molecule has 0 aromatic heterocycles. The van der Waals surface area contributed by atoms with Crippen molar-refractivity contribution in [1.29, 1.82) is 5.26 Å². The monoisotopic (exact) mass is 535 g/mol. The van der Waals surface area contributed by atoms with Crippen LogP contribution in [0.2, 0.25) is 0 Å². The van der Waals surface area contributed by atoms with E-state index in [0.29, 0.717) is 33.4 Å². The number of ketones is 2. The van der Waals surface area contributed by atoms with Gasteiger partial charge in [-0.25, -0.2) is 4.79 Å². The fourth-order valence-corrected chi connectivity index (χ4v) is 4.98. The number of benzene rings is 5. The van der Waals surface area contributed by atoms with E-state index in [4.69, 9.17) is 4.74 Å². The summed E-state index contributed by atoms with van der Waals surface area (Å²) in [6, 6.07) is 37.5. The molecule has 41 heavy (non-hydrogen) atoms. The first-order valence-electron chi connectivity index (χ1n) is 13.2. The molecular weight excluding hydrogens is 510 g/mol. The lowest BCUT2D eigenvalue weighted by Crippen LogP contribution is -2.21. The molecule has 5 aromatic carbocycles. The SMILES string of the molecule is CCOC(=O)c1c(C#N)c(C(=O)c2ccccc2)c(-c2ccccc2)c(-c2ccccc2)c1C(=O)c1ccccc1. The number of ether oxygens (including phenoxy) is 1. The van der Waals surface area contributed by atoms with E-state index in [2.05, 4.69) is 6.07 Å². The second-order valence-electron chi connectivity index (χ2n) is 9.20. The minimum Gasteiger partial charge on any atom is -0.462 e. The highest BCUT2D eigenvalue weighted by Crippen LogP contribution is 2.43. The van der Waals surface area contributed by atoms with Crippen LogP contribution in [-0.2, 0) is 4.74 Å². The van der Waals surface area contributed by atoms with Crippen molar-refractivity contribution in [1.82, 2.24) is 0 Å². The van der Waals surface area contributed by atoms with Crippen LogP contribution in [0.5, 0.6) is 0 Å². The Labute approximate surface area is 238 Å². The lowest BCUT2D eigenvalue weighted by molar-refractivity contribution is 0.0523. The van der Waals surface area contributed by atoms with Gasteiger partial charge in [-0.1, -0.05) is 121 Å². The summed E-state index contributed by atoms with van der Waals surface area (Å²) < 4.78 is 5.42. The third kappa shape index (κ3) is 5.19. The molecular formula is C36H25NO4. The van der Waals surface area contributed by atoms with E-state index in [-0.39, 0.29) is 28.9 Å². The zero-order valence-electron chi connectivity index (χ0n) is 22.3. The first kappa shape index (κ1) is 27.0. The summed E-state index contributed by atoms with van der Waals surface area (Å²) >= 11 is 0. The molecule has 0 N–H and O–H groups in total. The Morgan fingerprint density at radius 1 is 0.585 bits per heavy atom. The van der Waals surface area contributed by atoms with Gasteiger partial charge in [-0.2, -0.15) is 5.26 Å². The van der Waals surface area contributed by atoms with Gasteiger partial charge >= 0.3 is 5.97 Å². The third-order valence-electron chi connectivity index (χ3n) is 6.74. The van der Waals surface area contributed by atoms with Gasteiger partial charge in [-0.3, -0.25) is 9.59 Å². The zero-order valence-corrected chi connectivity index (χ0v) is 22.3. The number of hydrogen-bond donors (Lipinski definition) is 0. The van der Waals surface area contributed by atoms with Crippen LogP contribution < -0.4 is 0 Å². The fraction of sp³-hybridized carbons (Fsp3) is 0.0556. The van der Waals surface area contributed by atoms with Crippen LogP contribution in [0.25, 0.3) is 22.3 Å². The molecule has 0 saturated carbocycles. The van der Waals surface area contributed by atoms with Crippen LogP contribution in [0.15, 0.2) is 121 Å². The normalized spacial score (nSPS) is 10.4. The second kappa shape index (κ2) is 12.1. The minimum atomic E-state index is -0.845. The predicted molar refractivity (Wildman–Crippen MR) is 158 cm³/mol. The molecule has 0 saturated heterocycles. The number of esters is 1. The maximum absolute atomic E-state index is 14.4. The van der Waals surface area contributed by atoms with E-state index in [1.165, 1.54) is 0 Å². The average molecular weight is 536 g/mol. The lowest BCUT2D eigenvalue weighted by Gasteiger charge is -2.23. The summed E-state index contributed by atoms with van der Waals surface area (Å²) in [5.74, 6) is -1.75. The topological polar surface area (TPSA) is 84.2 Å². The Hall–Kier alpha value is -5.60. The van der Waals surface area contributed by atoms with E-state index >= 15 is 0 Å². The Bertz CT molecular complexity index is 1770.